The van der Waals surface area contributed by atoms with Crippen LogP contribution >= 0.6 is 0 Å². The molecule has 0 bridgehead atoms. The summed E-state index contributed by atoms with van der Waals surface area (Å²) in [5, 5.41) is 3.11. The number of aryl methyl sites for hydroxylation is 2. The van der Waals surface area contributed by atoms with Crippen molar-refractivity contribution in [1.29, 1.82) is 0 Å². The number of nitrogens with zero attached hydrogens (tertiary/aromatic N) is 2. The molecule has 0 saturated heterocycles. The van der Waals surface area contributed by atoms with Gasteiger partial charge in [0.15, 0.2) is 5.82 Å². The first-order chi connectivity index (χ1) is 17.6. The number of halogens is 1. The van der Waals surface area contributed by atoms with Crippen LogP contribution in [0.5, 0.6) is 0 Å². The minimum absolute atomic E-state index is 0.138. The first kappa shape index (κ1) is 25.8. The molecule has 2 heterocycles. The number of hydrogen-bond donors (Lipinski definition) is 1. The lowest BCUT2D eigenvalue weighted by Crippen LogP contribution is -2.27. The molecule has 6 nitrogen and oxygen atoms in total. The average molecular weight is 500 g/mol. The Morgan fingerprint density at radius 1 is 1.11 bits per heavy atom. The third kappa shape index (κ3) is 6.70. The predicted octanol–water partition coefficient (Wildman–Crippen LogP) is 6.88. The van der Waals surface area contributed by atoms with Crippen molar-refractivity contribution < 1.29 is 18.3 Å². The number of anilines is 1. The zero-order chi connectivity index (χ0) is 26.6. The van der Waals surface area contributed by atoms with Crippen LogP contribution in [0.2, 0.25) is 0 Å². The molecule has 2 aromatic carbocycles. The molecule has 4 rings (SSSR count). The zero-order valence-corrected chi connectivity index (χ0v) is 21.6. The van der Waals surface area contributed by atoms with Crippen molar-refractivity contribution >= 4 is 17.9 Å². The Labute approximate surface area is 216 Å². The number of furan rings is 1. The molecule has 2 aromatic heterocycles. The van der Waals surface area contributed by atoms with Crippen molar-refractivity contribution in [3.63, 3.8) is 0 Å². The van der Waals surface area contributed by atoms with Crippen molar-refractivity contribution in [3.05, 3.63) is 107 Å². The molecule has 0 aliphatic heterocycles. The van der Waals surface area contributed by atoms with Gasteiger partial charge in [0.2, 0.25) is 0 Å². The first-order valence-corrected chi connectivity index (χ1v) is 12.0. The molecule has 0 fully saturated rings. The summed E-state index contributed by atoms with van der Waals surface area (Å²) >= 11 is 0. The Morgan fingerprint density at radius 2 is 1.89 bits per heavy atom. The van der Waals surface area contributed by atoms with Gasteiger partial charge in [0.25, 0.3) is 0 Å². The second-order valence-corrected chi connectivity index (χ2v) is 9.85. The Kier molecular flexibility index (Phi) is 7.53. The SMILES string of the molecule is Cc1cccc(Cc2nc(-c3cccc(C)c3F)cnc2N/C(=C\c2ccco2)C(=O)OC(C)(C)C)c1. The van der Waals surface area contributed by atoms with Crippen LogP contribution in [-0.2, 0) is 16.0 Å². The molecule has 7 heteroatoms. The van der Waals surface area contributed by atoms with E-state index in [1.165, 1.54) is 12.5 Å². The molecule has 0 atom stereocenters. The lowest BCUT2D eigenvalue weighted by Gasteiger charge is -2.21. The van der Waals surface area contributed by atoms with Gasteiger partial charge in [-0.05, 0) is 63.9 Å². The van der Waals surface area contributed by atoms with Gasteiger partial charge in [-0.1, -0.05) is 42.0 Å². The summed E-state index contributed by atoms with van der Waals surface area (Å²) < 4.78 is 25.9. The van der Waals surface area contributed by atoms with Gasteiger partial charge in [-0.25, -0.2) is 19.2 Å². The second kappa shape index (κ2) is 10.8. The molecule has 37 heavy (non-hydrogen) atoms. The molecular weight excluding hydrogens is 469 g/mol. The van der Waals surface area contributed by atoms with Crippen LogP contribution in [0.25, 0.3) is 17.3 Å². The monoisotopic (exact) mass is 499 g/mol. The minimum Gasteiger partial charge on any atom is -0.465 e. The molecule has 190 valence electrons. The Balaban J connectivity index is 1.78. The molecule has 0 saturated carbocycles. The quantitative estimate of drug-likeness (QED) is 0.221. The lowest BCUT2D eigenvalue weighted by molar-refractivity contribution is -0.149. The Morgan fingerprint density at radius 3 is 2.59 bits per heavy atom. The number of hydrogen-bond acceptors (Lipinski definition) is 6. The maximum absolute atomic E-state index is 14.9. The van der Waals surface area contributed by atoms with Gasteiger partial charge >= 0.3 is 5.97 Å². The van der Waals surface area contributed by atoms with Crippen molar-refractivity contribution in [2.24, 2.45) is 0 Å². The van der Waals surface area contributed by atoms with Crippen LogP contribution in [0.1, 0.15) is 48.9 Å². The molecule has 0 spiro atoms. The summed E-state index contributed by atoms with van der Waals surface area (Å²) in [7, 11) is 0. The van der Waals surface area contributed by atoms with Gasteiger partial charge in [0.05, 0.1) is 23.8 Å². The van der Waals surface area contributed by atoms with Crippen LogP contribution in [0.4, 0.5) is 10.2 Å². The lowest BCUT2D eigenvalue weighted by atomic mass is 10.1. The van der Waals surface area contributed by atoms with Crippen LogP contribution in [0, 0.1) is 19.7 Å². The van der Waals surface area contributed by atoms with Crippen molar-refractivity contribution in [1.82, 2.24) is 9.97 Å². The second-order valence-electron chi connectivity index (χ2n) is 9.85. The molecule has 0 aliphatic carbocycles. The molecule has 0 unspecified atom stereocenters. The maximum Gasteiger partial charge on any atom is 0.355 e. The fraction of sp³-hybridized carbons (Fsp3) is 0.233. The number of esters is 1. The number of aromatic nitrogens is 2. The molecule has 4 aromatic rings. The van der Waals surface area contributed by atoms with Crippen LogP contribution in [0.15, 0.2) is 77.2 Å². The number of ether oxygens (including phenoxy) is 1. The van der Waals surface area contributed by atoms with E-state index >= 15 is 0 Å². The van der Waals surface area contributed by atoms with E-state index in [0.29, 0.717) is 40.5 Å². The molecule has 0 aliphatic rings. The molecular formula is C30H30FN3O3. The van der Waals surface area contributed by atoms with Gasteiger partial charge in [-0.2, -0.15) is 0 Å². The smallest absolute Gasteiger partial charge is 0.355 e. The van der Waals surface area contributed by atoms with Crippen molar-refractivity contribution in [3.8, 4) is 11.3 Å². The summed E-state index contributed by atoms with van der Waals surface area (Å²) in [5.41, 5.74) is 3.39. The van der Waals surface area contributed by atoms with Gasteiger partial charge in [-0.3, -0.25) is 0 Å². The van der Waals surface area contributed by atoms with Gasteiger partial charge in [0.1, 0.15) is 22.9 Å². The highest BCUT2D eigenvalue weighted by Crippen LogP contribution is 2.27. The Bertz CT molecular complexity index is 1440. The highest BCUT2D eigenvalue weighted by atomic mass is 19.1. The summed E-state index contributed by atoms with van der Waals surface area (Å²) in [6, 6.07) is 16.7. The third-order valence-corrected chi connectivity index (χ3v) is 5.47. The highest BCUT2D eigenvalue weighted by Gasteiger charge is 2.23. The zero-order valence-electron chi connectivity index (χ0n) is 21.6. The highest BCUT2D eigenvalue weighted by molar-refractivity contribution is 5.96. The van der Waals surface area contributed by atoms with E-state index in [1.54, 1.807) is 64.1 Å². The van der Waals surface area contributed by atoms with Crippen molar-refractivity contribution in [2.75, 3.05) is 5.32 Å². The fourth-order valence-electron chi connectivity index (χ4n) is 3.77. The Hall–Kier alpha value is -4.26. The number of carbonyl (C=O) groups excluding carboxylic acids is 1. The van der Waals surface area contributed by atoms with E-state index < -0.39 is 11.6 Å². The minimum atomic E-state index is -0.705. The van der Waals surface area contributed by atoms with Crippen LogP contribution < -0.4 is 5.32 Å². The largest absolute Gasteiger partial charge is 0.465 e. The van der Waals surface area contributed by atoms with Crippen molar-refractivity contribution in [2.45, 2.75) is 46.6 Å². The standard InChI is InChI=1S/C30H30FN3O3/c1-19-9-6-11-21(15-19)16-24-28(32-18-26(33-24)23-13-7-10-20(2)27(23)31)34-25(17-22-12-8-14-36-22)29(35)37-30(3,4)5/h6-15,17-18H,16H2,1-5H3,(H,32,34)/b25-17-. The molecule has 0 amide bonds. The fourth-order valence-corrected chi connectivity index (χ4v) is 3.77. The summed E-state index contributed by atoms with van der Waals surface area (Å²) in [6.07, 6.45) is 4.99. The maximum atomic E-state index is 14.9. The molecule has 1 N–H and O–H groups in total. The van der Waals surface area contributed by atoms with E-state index in [4.69, 9.17) is 14.1 Å². The van der Waals surface area contributed by atoms with Gasteiger partial charge in [-0.15, -0.1) is 0 Å². The summed E-state index contributed by atoms with van der Waals surface area (Å²) in [6.45, 7) is 9.11. The van der Waals surface area contributed by atoms with E-state index in [1.807, 2.05) is 25.1 Å². The van der Waals surface area contributed by atoms with E-state index in [2.05, 4.69) is 16.4 Å². The summed E-state index contributed by atoms with van der Waals surface area (Å²) in [4.78, 5) is 22.4. The topological polar surface area (TPSA) is 77.3 Å². The normalized spacial score (nSPS) is 11.9. The van der Waals surface area contributed by atoms with E-state index in [0.717, 1.165) is 11.1 Å². The van der Waals surface area contributed by atoms with Gasteiger partial charge in [0, 0.05) is 18.1 Å². The van der Waals surface area contributed by atoms with Crippen LogP contribution in [0.3, 0.4) is 0 Å². The van der Waals surface area contributed by atoms with E-state index in [-0.39, 0.29) is 11.5 Å². The third-order valence-electron chi connectivity index (χ3n) is 5.47. The number of rotatable bonds is 7. The van der Waals surface area contributed by atoms with E-state index in [9.17, 15) is 9.18 Å². The number of carbonyl (C=O) groups is 1. The van der Waals surface area contributed by atoms with Gasteiger partial charge < -0.3 is 14.5 Å². The first-order valence-electron chi connectivity index (χ1n) is 12.0. The predicted molar refractivity (Wildman–Crippen MR) is 142 cm³/mol. The number of nitrogens with one attached hydrogen (secondary N) is 1. The number of benzene rings is 2. The van der Waals surface area contributed by atoms with Crippen LogP contribution in [-0.4, -0.2) is 21.5 Å². The average Bonchev–Trinajstić information content (AvgIpc) is 3.34. The summed E-state index contributed by atoms with van der Waals surface area (Å²) in [5.74, 6) is -0.0748. The molecule has 0 radical (unpaired) electrons.